The third-order valence-electron chi connectivity index (χ3n) is 2.66. The highest BCUT2D eigenvalue weighted by molar-refractivity contribution is 5.86. The van der Waals surface area contributed by atoms with Gasteiger partial charge in [0, 0.05) is 18.1 Å². The summed E-state index contributed by atoms with van der Waals surface area (Å²) in [5, 5.41) is 0.703. The fraction of sp³-hybridized carbons (Fsp3) is 0.250. The Morgan fingerprint density at radius 1 is 1.44 bits per heavy atom. The molecule has 1 aromatic heterocycles. The quantitative estimate of drug-likeness (QED) is 0.846. The monoisotopic (exact) mass is 220 g/mol. The molecule has 0 spiro atoms. The van der Waals surface area contributed by atoms with Gasteiger partial charge in [0.05, 0.1) is 23.5 Å². The summed E-state index contributed by atoms with van der Waals surface area (Å²) in [5.74, 6) is -0.301. The van der Waals surface area contributed by atoms with E-state index in [0.29, 0.717) is 11.1 Å². The number of fused-ring (bicyclic) bond motifs is 1. The number of benzene rings is 1. The van der Waals surface area contributed by atoms with E-state index >= 15 is 0 Å². The molecule has 2 aromatic rings. The lowest BCUT2D eigenvalue weighted by Crippen LogP contribution is -2.03. The van der Waals surface area contributed by atoms with E-state index in [1.165, 1.54) is 12.1 Å². The number of hydrogen-bond acceptors (Lipinski definition) is 3. The second-order valence-corrected chi connectivity index (χ2v) is 3.67. The molecule has 16 heavy (non-hydrogen) atoms. The summed E-state index contributed by atoms with van der Waals surface area (Å²) in [7, 11) is 1.59. The molecule has 1 aromatic carbocycles. The number of anilines is 1. The van der Waals surface area contributed by atoms with E-state index in [1.807, 2.05) is 6.92 Å². The van der Waals surface area contributed by atoms with Crippen LogP contribution in [0.4, 0.5) is 10.1 Å². The van der Waals surface area contributed by atoms with Crippen molar-refractivity contribution >= 4 is 16.6 Å². The Bertz CT molecular complexity index is 522. The summed E-state index contributed by atoms with van der Waals surface area (Å²) < 4.78 is 18.4. The van der Waals surface area contributed by atoms with Crippen molar-refractivity contribution in [1.29, 1.82) is 0 Å². The number of nitrogen functional groups attached to an aromatic ring is 1. The number of nitrogens with two attached hydrogens (primary N) is 1. The zero-order valence-electron chi connectivity index (χ0n) is 9.20. The number of aromatic nitrogens is 1. The first-order valence-corrected chi connectivity index (χ1v) is 5.00. The topological polar surface area (TPSA) is 48.1 Å². The van der Waals surface area contributed by atoms with Gasteiger partial charge in [-0.25, -0.2) is 4.39 Å². The lowest BCUT2D eigenvalue weighted by molar-refractivity contribution is 0.121. The molecule has 1 unspecified atom stereocenters. The molecule has 0 fully saturated rings. The maximum absolute atomic E-state index is 13.2. The Kier molecular flexibility index (Phi) is 2.75. The third-order valence-corrected chi connectivity index (χ3v) is 2.66. The van der Waals surface area contributed by atoms with Gasteiger partial charge in [0.2, 0.25) is 0 Å². The number of nitrogens with zero attached hydrogens (tertiary/aromatic N) is 1. The molecule has 0 radical (unpaired) electrons. The van der Waals surface area contributed by atoms with E-state index in [4.69, 9.17) is 10.5 Å². The Hall–Kier alpha value is -1.68. The van der Waals surface area contributed by atoms with Crippen LogP contribution >= 0.6 is 0 Å². The summed E-state index contributed by atoms with van der Waals surface area (Å²) in [6.45, 7) is 1.87. The van der Waals surface area contributed by atoms with Gasteiger partial charge in [0.1, 0.15) is 5.82 Å². The van der Waals surface area contributed by atoms with Gasteiger partial charge >= 0.3 is 0 Å². The summed E-state index contributed by atoms with van der Waals surface area (Å²) in [6.07, 6.45) is 1.39. The number of rotatable bonds is 2. The van der Waals surface area contributed by atoms with Crippen LogP contribution in [-0.2, 0) is 4.74 Å². The van der Waals surface area contributed by atoms with Gasteiger partial charge in [-0.05, 0) is 25.1 Å². The number of halogens is 1. The van der Waals surface area contributed by atoms with Crippen molar-refractivity contribution in [3.05, 3.63) is 35.8 Å². The lowest BCUT2D eigenvalue weighted by atomic mass is 10.0. The van der Waals surface area contributed by atoms with Crippen LogP contribution in [0.5, 0.6) is 0 Å². The first-order valence-electron chi connectivity index (χ1n) is 5.00. The van der Waals surface area contributed by atoms with E-state index in [9.17, 15) is 4.39 Å². The molecule has 1 heterocycles. The first kappa shape index (κ1) is 10.8. The summed E-state index contributed by atoms with van der Waals surface area (Å²) >= 11 is 0. The number of hydrogen-bond donors (Lipinski definition) is 1. The van der Waals surface area contributed by atoms with E-state index in [0.717, 1.165) is 11.1 Å². The second kappa shape index (κ2) is 4.06. The molecule has 0 bridgehead atoms. The van der Waals surface area contributed by atoms with Gasteiger partial charge in [-0.15, -0.1) is 0 Å². The van der Waals surface area contributed by atoms with Crippen molar-refractivity contribution in [1.82, 2.24) is 4.98 Å². The predicted octanol–water partition coefficient (Wildman–Crippen LogP) is 2.66. The molecule has 0 saturated carbocycles. The molecule has 2 N–H and O–H groups in total. The van der Waals surface area contributed by atoms with E-state index in [-0.39, 0.29) is 11.9 Å². The molecule has 3 nitrogen and oxygen atoms in total. The average molecular weight is 220 g/mol. The molecule has 2 rings (SSSR count). The molecule has 0 aliphatic carbocycles. The van der Waals surface area contributed by atoms with Crippen LogP contribution in [-0.4, -0.2) is 12.1 Å². The standard InChI is InChI=1S/C12H13FN2O/c1-7(16-2)12-9-5-8(13)3-4-11(9)15-6-10(12)14/h3-7H,14H2,1-2H3. The average Bonchev–Trinajstić information content (AvgIpc) is 2.28. The smallest absolute Gasteiger partial charge is 0.123 e. The third kappa shape index (κ3) is 1.72. The van der Waals surface area contributed by atoms with Gasteiger partial charge in [-0.3, -0.25) is 4.98 Å². The Morgan fingerprint density at radius 3 is 2.88 bits per heavy atom. The van der Waals surface area contributed by atoms with Crippen molar-refractivity contribution in [2.24, 2.45) is 0 Å². The Balaban J connectivity index is 2.77. The van der Waals surface area contributed by atoms with Gasteiger partial charge in [-0.2, -0.15) is 0 Å². The molecule has 0 amide bonds. The molecule has 4 heteroatoms. The lowest BCUT2D eigenvalue weighted by Gasteiger charge is -2.15. The Morgan fingerprint density at radius 2 is 2.19 bits per heavy atom. The van der Waals surface area contributed by atoms with Gasteiger partial charge in [0.25, 0.3) is 0 Å². The van der Waals surface area contributed by atoms with Crippen molar-refractivity contribution in [3.8, 4) is 0 Å². The molecule has 1 atom stereocenters. The van der Waals surface area contributed by atoms with Crippen LogP contribution in [0.25, 0.3) is 10.9 Å². The molecule has 0 aliphatic rings. The highest BCUT2D eigenvalue weighted by Crippen LogP contribution is 2.30. The zero-order valence-corrected chi connectivity index (χ0v) is 9.20. The van der Waals surface area contributed by atoms with Crippen LogP contribution in [0.3, 0.4) is 0 Å². The highest BCUT2D eigenvalue weighted by atomic mass is 19.1. The molecular weight excluding hydrogens is 207 g/mol. The maximum Gasteiger partial charge on any atom is 0.123 e. The van der Waals surface area contributed by atoms with Gasteiger partial charge in [0.15, 0.2) is 0 Å². The second-order valence-electron chi connectivity index (χ2n) is 3.67. The maximum atomic E-state index is 13.2. The SMILES string of the molecule is COC(C)c1c(N)cnc2ccc(F)cc12. The first-order chi connectivity index (χ1) is 7.63. The number of ether oxygens (including phenoxy) is 1. The minimum atomic E-state index is -0.301. The Labute approximate surface area is 93.0 Å². The summed E-state index contributed by atoms with van der Waals surface area (Å²) in [5.41, 5.74) is 7.87. The van der Waals surface area contributed by atoms with Crippen LogP contribution in [0.2, 0.25) is 0 Å². The minimum Gasteiger partial charge on any atom is -0.397 e. The number of methoxy groups -OCH3 is 1. The predicted molar refractivity (Wildman–Crippen MR) is 61.5 cm³/mol. The van der Waals surface area contributed by atoms with Crippen LogP contribution in [0.15, 0.2) is 24.4 Å². The fourth-order valence-electron chi connectivity index (χ4n) is 1.77. The van der Waals surface area contributed by atoms with Crippen molar-refractivity contribution in [3.63, 3.8) is 0 Å². The van der Waals surface area contributed by atoms with E-state index in [2.05, 4.69) is 4.98 Å². The van der Waals surface area contributed by atoms with Crippen molar-refractivity contribution < 1.29 is 9.13 Å². The molecule has 0 aliphatic heterocycles. The van der Waals surface area contributed by atoms with Gasteiger partial charge < -0.3 is 10.5 Å². The molecule has 84 valence electrons. The molecular formula is C12H13FN2O. The highest BCUT2D eigenvalue weighted by Gasteiger charge is 2.13. The largest absolute Gasteiger partial charge is 0.397 e. The van der Waals surface area contributed by atoms with Crippen LogP contribution in [0.1, 0.15) is 18.6 Å². The summed E-state index contributed by atoms with van der Waals surface area (Å²) in [4.78, 5) is 4.15. The minimum absolute atomic E-state index is 0.188. The number of pyridine rings is 1. The van der Waals surface area contributed by atoms with E-state index in [1.54, 1.807) is 19.4 Å². The van der Waals surface area contributed by atoms with Gasteiger partial charge in [-0.1, -0.05) is 0 Å². The van der Waals surface area contributed by atoms with Crippen LogP contribution in [0, 0.1) is 5.82 Å². The van der Waals surface area contributed by atoms with Crippen molar-refractivity contribution in [2.75, 3.05) is 12.8 Å². The van der Waals surface area contributed by atoms with Crippen molar-refractivity contribution in [2.45, 2.75) is 13.0 Å². The summed E-state index contributed by atoms with van der Waals surface area (Å²) in [6, 6.07) is 4.45. The zero-order chi connectivity index (χ0) is 11.7. The normalized spacial score (nSPS) is 12.9. The molecule has 0 saturated heterocycles. The fourth-order valence-corrected chi connectivity index (χ4v) is 1.77. The van der Waals surface area contributed by atoms with Crippen LogP contribution < -0.4 is 5.73 Å². The van der Waals surface area contributed by atoms with E-state index < -0.39 is 0 Å².